The van der Waals surface area contributed by atoms with Crippen molar-refractivity contribution in [2.24, 2.45) is 0 Å². The maximum atomic E-state index is 11.2. The molecule has 1 nitrogen and oxygen atoms in total. The Bertz CT molecular complexity index is 313. The van der Waals surface area contributed by atoms with Crippen molar-refractivity contribution in [3.63, 3.8) is 0 Å². The van der Waals surface area contributed by atoms with Crippen LogP contribution in [0.5, 0.6) is 0 Å². The van der Waals surface area contributed by atoms with Gasteiger partial charge in [-0.05, 0) is 44.2 Å². The van der Waals surface area contributed by atoms with Gasteiger partial charge in [-0.2, -0.15) is 0 Å². The molecule has 14 heavy (non-hydrogen) atoms. The zero-order valence-corrected chi connectivity index (χ0v) is 9.45. The van der Waals surface area contributed by atoms with Crippen LogP contribution in [-0.2, 0) is 12.8 Å². The van der Waals surface area contributed by atoms with Crippen molar-refractivity contribution in [3.05, 3.63) is 21.4 Å². The van der Waals surface area contributed by atoms with Gasteiger partial charge in [-0.1, -0.05) is 12.8 Å². The molecular weight excluding hydrogens is 192 g/mol. The third kappa shape index (κ3) is 2.06. The molecule has 2 rings (SSSR count). The summed E-state index contributed by atoms with van der Waals surface area (Å²) in [6, 6.07) is 2.12. The number of rotatable bonds is 1. The summed E-state index contributed by atoms with van der Waals surface area (Å²) in [6.45, 7) is 1.67. The van der Waals surface area contributed by atoms with Gasteiger partial charge in [-0.25, -0.2) is 0 Å². The molecule has 0 amide bonds. The second-order valence-electron chi connectivity index (χ2n) is 4.03. The van der Waals surface area contributed by atoms with Crippen LogP contribution >= 0.6 is 11.3 Å². The third-order valence-electron chi connectivity index (χ3n) is 2.84. The monoisotopic (exact) mass is 208 g/mol. The van der Waals surface area contributed by atoms with Gasteiger partial charge in [-0.15, -0.1) is 11.3 Å². The zero-order valence-electron chi connectivity index (χ0n) is 8.64. The summed E-state index contributed by atoms with van der Waals surface area (Å²) in [4.78, 5) is 13.7. The summed E-state index contributed by atoms with van der Waals surface area (Å²) < 4.78 is 0. The van der Waals surface area contributed by atoms with Gasteiger partial charge in [0, 0.05) is 4.88 Å². The maximum Gasteiger partial charge on any atom is 0.169 e. The van der Waals surface area contributed by atoms with E-state index in [1.54, 1.807) is 18.3 Å². The average molecular weight is 208 g/mol. The van der Waals surface area contributed by atoms with Gasteiger partial charge in [0.05, 0.1) is 4.88 Å². The van der Waals surface area contributed by atoms with Crippen molar-refractivity contribution < 1.29 is 4.79 Å². The molecular formula is C12H16OS. The molecule has 76 valence electrons. The van der Waals surface area contributed by atoms with Gasteiger partial charge in [0.1, 0.15) is 0 Å². The molecule has 2 heteroatoms. The highest BCUT2D eigenvalue weighted by molar-refractivity contribution is 7.14. The van der Waals surface area contributed by atoms with Crippen molar-refractivity contribution >= 4 is 17.1 Å². The van der Waals surface area contributed by atoms with Gasteiger partial charge < -0.3 is 0 Å². The second-order valence-corrected chi connectivity index (χ2v) is 5.17. The van der Waals surface area contributed by atoms with E-state index in [2.05, 4.69) is 6.07 Å². The first kappa shape index (κ1) is 9.91. The lowest BCUT2D eigenvalue weighted by Crippen LogP contribution is -1.94. The van der Waals surface area contributed by atoms with Crippen LogP contribution in [0.15, 0.2) is 6.07 Å². The van der Waals surface area contributed by atoms with E-state index in [1.807, 2.05) is 0 Å². The van der Waals surface area contributed by atoms with E-state index >= 15 is 0 Å². The minimum atomic E-state index is 0.224. The first-order valence-electron chi connectivity index (χ1n) is 5.40. The maximum absolute atomic E-state index is 11.2. The Labute approximate surface area is 89.1 Å². The molecule has 0 fully saturated rings. The third-order valence-corrected chi connectivity index (χ3v) is 4.18. The predicted molar refractivity (Wildman–Crippen MR) is 60.2 cm³/mol. The quantitative estimate of drug-likeness (QED) is 0.644. The molecule has 0 saturated heterocycles. The van der Waals surface area contributed by atoms with E-state index in [1.165, 1.54) is 49.0 Å². The molecule has 0 radical (unpaired) electrons. The van der Waals surface area contributed by atoms with Crippen molar-refractivity contribution in [1.82, 2.24) is 0 Å². The van der Waals surface area contributed by atoms with E-state index < -0.39 is 0 Å². The lowest BCUT2D eigenvalue weighted by molar-refractivity contribution is 0.102. The van der Waals surface area contributed by atoms with Crippen molar-refractivity contribution in [3.8, 4) is 0 Å². The number of Topliss-reactive ketones (excluding diaryl/α,β-unsaturated/α-hetero) is 1. The van der Waals surface area contributed by atoms with E-state index in [0.29, 0.717) is 0 Å². The lowest BCUT2D eigenvalue weighted by Gasteiger charge is -2.07. The number of carbonyl (C=O) groups excluding carboxylic acids is 1. The van der Waals surface area contributed by atoms with Gasteiger partial charge in [-0.3, -0.25) is 4.79 Å². The number of aryl methyl sites for hydroxylation is 2. The van der Waals surface area contributed by atoms with Gasteiger partial charge >= 0.3 is 0 Å². The number of fused-ring (bicyclic) bond motifs is 1. The topological polar surface area (TPSA) is 17.1 Å². The standard InChI is InChI=1S/C12H16OS/c1-9(13)12-8-10-6-4-2-3-5-7-11(10)14-12/h8H,2-7H2,1H3. The fourth-order valence-corrected chi connectivity index (χ4v) is 3.17. The SMILES string of the molecule is CC(=O)c1cc2c(s1)CCCCCC2. The Morgan fingerprint density at radius 1 is 1.21 bits per heavy atom. The lowest BCUT2D eigenvalue weighted by atomic mass is 9.99. The minimum absolute atomic E-state index is 0.224. The highest BCUT2D eigenvalue weighted by Crippen LogP contribution is 2.28. The van der Waals surface area contributed by atoms with Crippen molar-refractivity contribution in [2.75, 3.05) is 0 Å². The molecule has 0 aromatic carbocycles. The minimum Gasteiger partial charge on any atom is -0.294 e. The fraction of sp³-hybridized carbons (Fsp3) is 0.583. The molecule has 1 aromatic heterocycles. The first-order valence-corrected chi connectivity index (χ1v) is 6.21. The molecule has 1 aliphatic rings. The Kier molecular flexibility index (Phi) is 3.02. The van der Waals surface area contributed by atoms with E-state index in [-0.39, 0.29) is 5.78 Å². The number of ketones is 1. The van der Waals surface area contributed by atoms with E-state index in [9.17, 15) is 4.79 Å². The number of carbonyl (C=O) groups is 1. The van der Waals surface area contributed by atoms with Crippen LogP contribution in [0.2, 0.25) is 0 Å². The van der Waals surface area contributed by atoms with Gasteiger partial charge in [0.15, 0.2) is 5.78 Å². The van der Waals surface area contributed by atoms with Crippen molar-refractivity contribution in [1.29, 1.82) is 0 Å². The number of hydrogen-bond acceptors (Lipinski definition) is 2. The zero-order chi connectivity index (χ0) is 9.97. The molecule has 1 aliphatic carbocycles. The second kappa shape index (κ2) is 4.26. The molecule has 1 heterocycles. The highest BCUT2D eigenvalue weighted by Gasteiger charge is 2.13. The summed E-state index contributed by atoms with van der Waals surface area (Å²) in [6.07, 6.45) is 7.66. The Hall–Kier alpha value is -0.630. The Morgan fingerprint density at radius 2 is 1.93 bits per heavy atom. The highest BCUT2D eigenvalue weighted by atomic mass is 32.1. The first-order chi connectivity index (χ1) is 6.77. The summed E-state index contributed by atoms with van der Waals surface area (Å²) >= 11 is 1.72. The summed E-state index contributed by atoms with van der Waals surface area (Å²) in [5, 5.41) is 0. The van der Waals surface area contributed by atoms with Crippen LogP contribution in [0.25, 0.3) is 0 Å². The smallest absolute Gasteiger partial charge is 0.169 e. The van der Waals surface area contributed by atoms with E-state index in [0.717, 1.165) is 4.88 Å². The largest absolute Gasteiger partial charge is 0.294 e. The van der Waals surface area contributed by atoms with Crippen LogP contribution in [0, 0.1) is 0 Å². The fourth-order valence-electron chi connectivity index (χ4n) is 2.02. The molecule has 1 aromatic rings. The van der Waals surface area contributed by atoms with Crippen LogP contribution in [-0.4, -0.2) is 5.78 Å². The average Bonchev–Trinajstić information content (AvgIpc) is 2.48. The van der Waals surface area contributed by atoms with Gasteiger partial charge in [0.25, 0.3) is 0 Å². The molecule has 0 aliphatic heterocycles. The molecule has 0 N–H and O–H groups in total. The molecule has 0 spiro atoms. The number of thiophene rings is 1. The summed E-state index contributed by atoms with van der Waals surface area (Å²) in [7, 11) is 0. The van der Waals surface area contributed by atoms with Crippen LogP contribution < -0.4 is 0 Å². The van der Waals surface area contributed by atoms with Gasteiger partial charge in [0.2, 0.25) is 0 Å². The molecule has 0 saturated carbocycles. The predicted octanol–water partition coefficient (Wildman–Crippen LogP) is 3.61. The van der Waals surface area contributed by atoms with Crippen LogP contribution in [0.1, 0.15) is 52.7 Å². The molecule has 0 bridgehead atoms. The van der Waals surface area contributed by atoms with Crippen molar-refractivity contribution in [2.45, 2.75) is 45.4 Å². The molecule has 0 unspecified atom stereocenters. The molecule has 0 atom stereocenters. The number of hydrogen-bond donors (Lipinski definition) is 0. The summed E-state index contributed by atoms with van der Waals surface area (Å²) in [5.41, 5.74) is 1.44. The van der Waals surface area contributed by atoms with Crippen LogP contribution in [0.3, 0.4) is 0 Å². The van der Waals surface area contributed by atoms with E-state index in [4.69, 9.17) is 0 Å². The normalized spacial score (nSPS) is 16.9. The summed E-state index contributed by atoms with van der Waals surface area (Å²) in [5.74, 6) is 0.224. The van der Waals surface area contributed by atoms with Crippen LogP contribution in [0.4, 0.5) is 0 Å². The Morgan fingerprint density at radius 3 is 2.64 bits per heavy atom. The Balaban J connectivity index is 2.27.